The Hall–Kier alpha value is -4.01. The number of hydrogen-bond acceptors (Lipinski definition) is 4. The summed E-state index contributed by atoms with van der Waals surface area (Å²) in [5.74, 6) is -6.12. The van der Waals surface area contributed by atoms with E-state index in [1.807, 2.05) is 72.8 Å². The Balaban J connectivity index is 0.000000268. The zero-order valence-corrected chi connectivity index (χ0v) is 36.2. The Morgan fingerprint density at radius 2 is 1.10 bits per heavy atom. The minimum absolute atomic E-state index is 0. The third-order valence-electron chi connectivity index (χ3n) is 9.30. The van der Waals surface area contributed by atoms with Gasteiger partial charge in [-0.2, -0.15) is 0 Å². The van der Waals surface area contributed by atoms with E-state index in [9.17, 15) is 26.3 Å². The Bertz CT molecular complexity index is 2070. The van der Waals surface area contributed by atoms with E-state index >= 15 is 0 Å². The van der Waals surface area contributed by atoms with Gasteiger partial charge in [-0.1, -0.05) is 127 Å². The summed E-state index contributed by atoms with van der Waals surface area (Å²) in [5.41, 5.74) is 4.98. The van der Waals surface area contributed by atoms with E-state index in [-0.39, 0.29) is 58.1 Å². The smallest absolute Gasteiger partial charge is 1.00 e. The van der Waals surface area contributed by atoms with Gasteiger partial charge in [-0.3, -0.25) is 9.29 Å². The van der Waals surface area contributed by atoms with Crippen LogP contribution in [0.2, 0.25) is 0 Å². The van der Waals surface area contributed by atoms with Gasteiger partial charge in [0.15, 0.2) is 11.6 Å². The fraction of sp³-hybridized carbons (Fsp3) is 0.250. The molecule has 1 N–H and O–H groups in total. The summed E-state index contributed by atoms with van der Waals surface area (Å²) >= 11 is 0. The van der Waals surface area contributed by atoms with Gasteiger partial charge in [0.25, 0.3) is 0 Å². The predicted octanol–water partition coefficient (Wildman–Crippen LogP) is 7.42. The summed E-state index contributed by atoms with van der Waals surface area (Å²) in [6.45, 7) is 5.42. The van der Waals surface area contributed by atoms with Gasteiger partial charge >= 0.3 is 23.1 Å². The number of nitrogens with zero attached hydrogens (tertiary/aromatic N) is 1. The Labute approximate surface area is 375 Å². The van der Waals surface area contributed by atoms with Gasteiger partial charge in [-0.05, 0) is 53.1 Å². The van der Waals surface area contributed by atoms with Gasteiger partial charge in [0.05, 0.1) is 19.0 Å². The number of hydrogen-bond donors (Lipinski definition) is 1. The van der Waals surface area contributed by atoms with Crippen LogP contribution in [0, 0.1) is 41.0 Å². The first-order valence-electron chi connectivity index (χ1n) is 19.2. The van der Waals surface area contributed by atoms with Crippen molar-refractivity contribution in [3.05, 3.63) is 214 Å². The molecule has 1 aliphatic heterocycles. The van der Waals surface area contributed by atoms with Gasteiger partial charge < -0.3 is 31.8 Å². The van der Waals surface area contributed by atoms with Crippen LogP contribution < -0.4 is 22.3 Å². The van der Waals surface area contributed by atoms with Crippen LogP contribution in [0.25, 0.3) is 0 Å². The zero-order valence-electron chi connectivity index (χ0n) is 33.2. The van der Waals surface area contributed by atoms with Crippen molar-refractivity contribution in [3.8, 4) is 0 Å². The van der Waals surface area contributed by atoms with Crippen molar-refractivity contribution in [3.63, 3.8) is 0 Å². The fourth-order valence-electron chi connectivity index (χ4n) is 6.03. The van der Waals surface area contributed by atoms with Crippen molar-refractivity contribution in [1.29, 1.82) is 0 Å². The second kappa shape index (κ2) is 27.8. The summed E-state index contributed by atoms with van der Waals surface area (Å²) in [6, 6.07) is 45.7. The van der Waals surface area contributed by atoms with Crippen LogP contribution in [0.4, 0.5) is 26.3 Å². The predicted molar refractivity (Wildman–Crippen MR) is 220 cm³/mol. The number of nitrogens with one attached hydrogen (secondary N) is 1. The molecular formula is C48H47BrF6MgN2O2. The van der Waals surface area contributed by atoms with Crippen molar-refractivity contribution in [2.45, 2.75) is 57.6 Å². The number of halogens is 7. The van der Waals surface area contributed by atoms with Crippen LogP contribution >= 0.6 is 0 Å². The number of benzene rings is 6. The molecule has 1 unspecified atom stereocenters. The van der Waals surface area contributed by atoms with Crippen LogP contribution in [-0.4, -0.2) is 59.8 Å². The second-order valence-corrected chi connectivity index (χ2v) is 13.8. The fourth-order valence-corrected chi connectivity index (χ4v) is 6.03. The molecule has 7 rings (SSSR count). The van der Waals surface area contributed by atoms with E-state index in [0.29, 0.717) is 50.4 Å². The SMILES string of the molecule is Fc1[c-]cc(F)c(F)c1.Fc1cc(F)c(C[C@H](CCOCc2ccccc2)NCc2ccccc2)cc1F.[Br-].[Mg+2].c1ccc(COCC[C@H]2CN2Cc2ccccc2)cc1. The second-order valence-electron chi connectivity index (χ2n) is 13.8. The first-order valence-corrected chi connectivity index (χ1v) is 19.2. The van der Waals surface area contributed by atoms with E-state index in [2.05, 4.69) is 64.8 Å². The monoisotopic (exact) mass is 900 g/mol. The molecule has 12 heteroatoms. The van der Waals surface area contributed by atoms with E-state index in [0.717, 1.165) is 43.4 Å². The largest absolute Gasteiger partial charge is 2.00 e. The van der Waals surface area contributed by atoms with E-state index in [1.165, 1.54) is 17.7 Å². The van der Waals surface area contributed by atoms with Crippen LogP contribution in [0.5, 0.6) is 0 Å². The van der Waals surface area contributed by atoms with E-state index < -0.39 is 34.9 Å². The van der Waals surface area contributed by atoms with Crippen molar-refractivity contribution >= 4 is 23.1 Å². The molecule has 0 spiro atoms. The molecule has 60 heavy (non-hydrogen) atoms. The third kappa shape index (κ3) is 18.7. The summed E-state index contributed by atoms with van der Waals surface area (Å²) in [6.07, 6.45) is 1.99. The average molecular weight is 902 g/mol. The van der Waals surface area contributed by atoms with E-state index in [1.54, 1.807) is 0 Å². The summed E-state index contributed by atoms with van der Waals surface area (Å²) < 4.78 is 88.1. The first-order chi connectivity index (χ1) is 28.2. The van der Waals surface area contributed by atoms with Gasteiger partial charge in [0.1, 0.15) is 5.82 Å². The molecule has 312 valence electrons. The van der Waals surface area contributed by atoms with Crippen molar-refractivity contribution in [2.24, 2.45) is 0 Å². The first kappa shape index (κ1) is 50.3. The molecule has 0 aliphatic carbocycles. The molecule has 0 aromatic heterocycles. The Morgan fingerprint density at radius 3 is 1.65 bits per heavy atom. The topological polar surface area (TPSA) is 33.5 Å². The summed E-state index contributed by atoms with van der Waals surface area (Å²) in [7, 11) is 0. The molecule has 1 fully saturated rings. The maximum atomic E-state index is 14.1. The maximum Gasteiger partial charge on any atom is 2.00 e. The van der Waals surface area contributed by atoms with E-state index in [4.69, 9.17) is 9.47 Å². The summed E-state index contributed by atoms with van der Waals surface area (Å²) in [4.78, 5) is 2.50. The van der Waals surface area contributed by atoms with Crippen molar-refractivity contribution in [1.82, 2.24) is 10.2 Å². The van der Waals surface area contributed by atoms with Gasteiger partial charge in [0.2, 0.25) is 0 Å². The number of ether oxygens (including phenoxy) is 2. The standard InChI is InChI=1S/C24H24F3NO.C18H21NO.C6H2F3.BrH.Mg/c25-22-15-24(27)23(26)14-20(22)13-21(28-16-18-7-3-1-4-8-18)11-12-29-17-19-9-5-2-6-10-19;1-3-7-16(8-4-1)13-19-14-18(19)11-12-20-15-17-9-5-2-6-10-17;7-4-1-2-5(8)6(9)3-4;;/h1-10,14-15,21,28H,11-13,16-17H2;1-10,18H,11-15H2;2-3H;1H;/q;;-1;;+2/p-1/t21-;18-,19?;;;/m00.../s1. The Morgan fingerprint density at radius 1 is 0.600 bits per heavy atom. The van der Waals surface area contributed by atoms with Crippen LogP contribution in [0.15, 0.2) is 146 Å². The molecule has 0 bridgehead atoms. The molecule has 1 saturated heterocycles. The molecule has 0 radical (unpaired) electrons. The normalized spacial score (nSPS) is 14.2. The van der Waals surface area contributed by atoms with Crippen molar-refractivity contribution < 1.29 is 52.8 Å². The minimum Gasteiger partial charge on any atom is -1.00 e. The Kier molecular flexibility index (Phi) is 23.3. The molecule has 6 aromatic rings. The van der Waals surface area contributed by atoms with Crippen LogP contribution in [0.1, 0.15) is 40.7 Å². The molecule has 0 saturated carbocycles. The quantitative estimate of drug-likeness (QED) is 0.0259. The van der Waals surface area contributed by atoms with Crippen molar-refractivity contribution in [2.75, 3.05) is 19.8 Å². The van der Waals surface area contributed by atoms with Crippen LogP contribution in [-0.2, 0) is 42.2 Å². The molecule has 1 aliphatic rings. The molecular weight excluding hydrogens is 855 g/mol. The summed E-state index contributed by atoms with van der Waals surface area (Å²) in [5, 5.41) is 3.38. The average Bonchev–Trinajstić information content (AvgIpc) is 3.99. The van der Waals surface area contributed by atoms with Crippen LogP contribution in [0.3, 0.4) is 0 Å². The zero-order chi connectivity index (χ0) is 41.0. The molecule has 3 atom stereocenters. The van der Waals surface area contributed by atoms with Gasteiger partial charge in [-0.25, -0.2) is 22.0 Å². The molecule has 0 amide bonds. The third-order valence-corrected chi connectivity index (χ3v) is 9.30. The molecule has 1 heterocycles. The van der Waals surface area contributed by atoms with Gasteiger partial charge in [0, 0.05) is 62.6 Å². The molecule has 4 nitrogen and oxygen atoms in total. The number of rotatable bonds is 17. The maximum absolute atomic E-state index is 14.1. The molecule has 6 aromatic carbocycles. The minimum atomic E-state index is -1.19. The van der Waals surface area contributed by atoms with Gasteiger partial charge in [-0.15, -0.1) is 12.1 Å².